The Hall–Kier alpha value is -0.680. The zero-order chi connectivity index (χ0) is 10.5. The second kappa shape index (κ2) is 5.14. The predicted molar refractivity (Wildman–Crippen MR) is 51.0 cm³/mol. The van der Waals surface area contributed by atoms with Crippen LogP contribution in [0.25, 0.3) is 0 Å². The molecule has 1 aliphatic rings. The van der Waals surface area contributed by atoms with Crippen LogP contribution < -0.4 is 5.73 Å². The molecule has 0 aromatic rings. The number of hydrogen-bond donors (Lipinski definition) is 4. The number of nitrogens with two attached hydrogens (primary N) is 1. The molecule has 3 atom stereocenters. The SMILES string of the molecule is CC(O)C1(O)C=CC=CC1O.CN. The van der Waals surface area contributed by atoms with Gasteiger partial charge in [-0.1, -0.05) is 18.2 Å². The van der Waals surface area contributed by atoms with Gasteiger partial charge in [0.05, 0.1) is 6.10 Å². The third kappa shape index (κ3) is 2.63. The van der Waals surface area contributed by atoms with Gasteiger partial charge in [0.1, 0.15) is 11.7 Å². The van der Waals surface area contributed by atoms with E-state index in [9.17, 15) is 10.2 Å². The first kappa shape index (κ1) is 12.3. The van der Waals surface area contributed by atoms with Crippen LogP contribution in [-0.4, -0.2) is 40.2 Å². The Bertz CT molecular complexity index is 201. The second-order valence-corrected chi connectivity index (χ2v) is 2.75. The van der Waals surface area contributed by atoms with Gasteiger partial charge in [-0.2, -0.15) is 0 Å². The van der Waals surface area contributed by atoms with Gasteiger partial charge < -0.3 is 21.1 Å². The monoisotopic (exact) mass is 187 g/mol. The maximum Gasteiger partial charge on any atom is 0.138 e. The Labute approximate surface area is 78.0 Å². The van der Waals surface area contributed by atoms with E-state index in [2.05, 4.69) is 5.73 Å². The molecule has 0 amide bonds. The van der Waals surface area contributed by atoms with E-state index >= 15 is 0 Å². The second-order valence-electron chi connectivity index (χ2n) is 2.75. The minimum atomic E-state index is -1.52. The lowest BCUT2D eigenvalue weighted by molar-refractivity contribution is -0.0911. The van der Waals surface area contributed by atoms with E-state index in [1.807, 2.05) is 0 Å². The molecule has 0 aromatic heterocycles. The van der Waals surface area contributed by atoms with E-state index in [1.165, 1.54) is 26.1 Å². The molecule has 3 unspecified atom stereocenters. The van der Waals surface area contributed by atoms with E-state index < -0.39 is 17.8 Å². The minimum Gasteiger partial charge on any atom is -0.390 e. The lowest BCUT2D eigenvalue weighted by atomic mass is 9.88. The lowest BCUT2D eigenvalue weighted by Crippen LogP contribution is -2.49. The van der Waals surface area contributed by atoms with Crippen molar-refractivity contribution >= 4 is 0 Å². The summed E-state index contributed by atoms with van der Waals surface area (Å²) >= 11 is 0. The number of allylic oxidation sites excluding steroid dienone is 2. The van der Waals surface area contributed by atoms with Gasteiger partial charge in [0, 0.05) is 0 Å². The molecular formula is C9H17NO3. The van der Waals surface area contributed by atoms with Gasteiger partial charge in [0.15, 0.2) is 0 Å². The Morgan fingerprint density at radius 1 is 1.38 bits per heavy atom. The topological polar surface area (TPSA) is 86.7 Å². The number of hydrogen-bond acceptors (Lipinski definition) is 4. The van der Waals surface area contributed by atoms with E-state index in [-0.39, 0.29) is 0 Å². The first-order chi connectivity index (χ1) is 6.07. The molecule has 4 heteroatoms. The highest BCUT2D eigenvalue weighted by Crippen LogP contribution is 2.21. The van der Waals surface area contributed by atoms with Crippen molar-refractivity contribution in [3.63, 3.8) is 0 Å². The van der Waals surface area contributed by atoms with Gasteiger partial charge in [-0.05, 0) is 20.0 Å². The van der Waals surface area contributed by atoms with Crippen molar-refractivity contribution in [2.75, 3.05) is 7.05 Å². The van der Waals surface area contributed by atoms with Crippen LogP contribution in [0.1, 0.15) is 6.92 Å². The van der Waals surface area contributed by atoms with Crippen LogP contribution >= 0.6 is 0 Å². The summed E-state index contributed by atoms with van der Waals surface area (Å²) in [6.45, 7) is 1.44. The molecular weight excluding hydrogens is 170 g/mol. The van der Waals surface area contributed by atoms with Crippen LogP contribution in [0.15, 0.2) is 24.3 Å². The van der Waals surface area contributed by atoms with Gasteiger partial charge in [0.2, 0.25) is 0 Å². The Morgan fingerprint density at radius 2 is 1.92 bits per heavy atom. The molecule has 0 fully saturated rings. The maximum atomic E-state index is 9.58. The highest BCUT2D eigenvalue weighted by atomic mass is 16.4. The first-order valence-electron chi connectivity index (χ1n) is 4.09. The molecule has 0 aliphatic heterocycles. The Kier molecular flexibility index (Phi) is 4.87. The zero-order valence-electron chi connectivity index (χ0n) is 7.88. The highest BCUT2D eigenvalue weighted by Gasteiger charge is 2.37. The van der Waals surface area contributed by atoms with Gasteiger partial charge in [-0.25, -0.2) is 0 Å². The highest BCUT2D eigenvalue weighted by molar-refractivity contribution is 5.24. The largest absolute Gasteiger partial charge is 0.390 e. The van der Waals surface area contributed by atoms with Gasteiger partial charge >= 0.3 is 0 Å². The van der Waals surface area contributed by atoms with Crippen LogP contribution in [-0.2, 0) is 0 Å². The van der Waals surface area contributed by atoms with Crippen molar-refractivity contribution < 1.29 is 15.3 Å². The Morgan fingerprint density at radius 3 is 2.23 bits per heavy atom. The summed E-state index contributed by atoms with van der Waals surface area (Å²) in [7, 11) is 1.50. The fourth-order valence-corrected chi connectivity index (χ4v) is 1.02. The fraction of sp³-hybridized carbons (Fsp3) is 0.556. The van der Waals surface area contributed by atoms with Crippen LogP contribution in [0.5, 0.6) is 0 Å². The van der Waals surface area contributed by atoms with E-state index in [0.717, 1.165) is 0 Å². The van der Waals surface area contributed by atoms with Crippen LogP contribution in [0, 0.1) is 0 Å². The molecule has 76 valence electrons. The predicted octanol–water partition coefficient (Wildman–Crippen LogP) is -0.840. The minimum absolute atomic E-state index is 0.973. The van der Waals surface area contributed by atoms with Crippen molar-refractivity contribution in [1.29, 1.82) is 0 Å². The zero-order valence-corrected chi connectivity index (χ0v) is 7.88. The van der Waals surface area contributed by atoms with Crippen molar-refractivity contribution in [2.45, 2.75) is 24.7 Å². The normalized spacial score (nSPS) is 33.5. The molecule has 0 saturated heterocycles. The summed E-state index contributed by atoms with van der Waals surface area (Å²) in [5, 5.41) is 27.9. The quantitative estimate of drug-likeness (QED) is 0.431. The number of aliphatic hydroxyl groups is 3. The average molecular weight is 187 g/mol. The molecule has 13 heavy (non-hydrogen) atoms. The van der Waals surface area contributed by atoms with E-state index in [1.54, 1.807) is 12.2 Å². The summed E-state index contributed by atoms with van der Waals surface area (Å²) in [6.07, 6.45) is 4.06. The third-order valence-corrected chi connectivity index (χ3v) is 1.91. The molecule has 4 nitrogen and oxygen atoms in total. The standard InChI is InChI=1S/C8H12O3.CH5N/c1-6(9)8(11)5-3-2-4-7(8)10;1-2/h2-7,9-11H,1H3;2H2,1H3. The molecule has 0 aromatic carbocycles. The molecule has 0 saturated carbocycles. The molecule has 0 bridgehead atoms. The van der Waals surface area contributed by atoms with E-state index in [4.69, 9.17) is 5.11 Å². The van der Waals surface area contributed by atoms with Gasteiger partial charge in [0.25, 0.3) is 0 Å². The summed E-state index contributed by atoms with van der Waals surface area (Å²) in [5.74, 6) is 0. The van der Waals surface area contributed by atoms with Crippen molar-refractivity contribution in [1.82, 2.24) is 0 Å². The number of rotatable bonds is 1. The molecule has 0 spiro atoms. The van der Waals surface area contributed by atoms with Crippen LogP contribution in [0.4, 0.5) is 0 Å². The van der Waals surface area contributed by atoms with Gasteiger partial charge in [-0.3, -0.25) is 0 Å². The first-order valence-corrected chi connectivity index (χ1v) is 4.09. The van der Waals surface area contributed by atoms with E-state index in [0.29, 0.717) is 0 Å². The summed E-state index contributed by atoms with van der Waals surface area (Å²) in [5.41, 5.74) is 2.98. The van der Waals surface area contributed by atoms with Crippen LogP contribution in [0.2, 0.25) is 0 Å². The Balaban J connectivity index is 0.000000671. The van der Waals surface area contributed by atoms with Crippen molar-refractivity contribution in [3.05, 3.63) is 24.3 Å². The summed E-state index contributed by atoms with van der Waals surface area (Å²) in [4.78, 5) is 0. The summed E-state index contributed by atoms with van der Waals surface area (Å²) in [6, 6.07) is 0. The maximum absolute atomic E-state index is 9.58. The van der Waals surface area contributed by atoms with Crippen LogP contribution in [0.3, 0.4) is 0 Å². The fourth-order valence-electron chi connectivity index (χ4n) is 1.02. The molecule has 0 radical (unpaired) electrons. The summed E-state index contributed by atoms with van der Waals surface area (Å²) < 4.78 is 0. The van der Waals surface area contributed by atoms with Crippen molar-refractivity contribution in [2.24, 2.45) is 5.73 Å². The average Bonchev–Trinajstić information content (AvgIpc) is 2.13. The molecule has 1 aliphatic carbocycles. The molecule has 0 heterocycles. The van der Waals surface area contributed by atoms with Gasteiger partial charge in [-0.15, -0.1) is 0 Å². The smallest absolute Gasteiger partial charge is 0.138 e. The molecule has 1 rings (SSSR count). The van der Waals surface area contributed by atoms with Crippen molar-refractivity contribution in [3.8, 4) is 0 Å². The number of aliphatic hydroxyl groups excluding tert-OH is 2. The lowest BCUT2D eigenvalue weighted by Gasteiger charge is -2.32. The third-order valence-electron chi connectivity index (χ3n) is 1.91. The molecule has 5 N–H and O–H groups in total.